The molecule has 21 heavy (non-hydrogen) atoms. The lowest BCUT2D eigenvalue weighted by atomic mass is 9.80. The van der Waals surface area contributed by atoms with Crippen LogP contribution in [0.4, 0.5) is 0 Å². The quantitative estimate of drug-likeness (QED) is 0.722. The van der Waals surface area contributed by atoms with E-state index in [9.17, 15) is 0 Å². The molecule has 1 aromatic rings. The maximum Gasteiger partial charge on any atom is 0.462 e. The van der Waals surface area contributed by atoms with Crippen molar-refractivity contribution in [1.29, 1.82) is 0 Å². The molecule has 3 heteroatoms. The van der Waals surface area contributed by atoms with Crippen LogP contribution in [0.3, 0.4) is 0 Å². The Balaban J connectivity index is 0.000000677. The standard InChI is InChI=1S/C15H23BO2.C3H8/c1-11-7-12(2)9-13(8-11)10-16-17-14(3,4)15(5,6)18-16;1-3-2/h7-9H,10H2,1-6H3;3H2,1-2H3. The topological polar surface area (TPSA) is 18.5 Å². The largest absolute Gasteiger partial charge is 0.462 e. The molecular formula is C18H31BO2. The molecule has 0 amide bonds. The van der Waals surface area contributed by atoms with Crippen LogP contribution in [0, 0.1) is 13.8 Å². The second-order valence-electron chi connectivity index (χ2n) is 7.09. The van der Waals surface area contributed by atoms with Crippen LogP contribution in [0.25, 0.3) is 0 Å². The normalized spacial score (nSPS) is 19.1. The number of benzene rings is 1. The highest BCUT2D eigenvalue weighted by atomic mass is 16.7. The van der Waals surface area contributed by atoms with Gasteiger partial charge in [-0.25, -0.2) is 0 Å². The van der Waals surface area contributed by atoms with Gasteiger partial charge in [-0.3, -0.25) is 0 Å². The van der Waals surface area contributed by atoms with Crippen molar-refractivity contribution in [2.75, 3.05) is 0 Å². The van der Waals surface area contributed by atoms with Gasteiger partial charge in [0.15, 0.2) is 0 Å². The van der Waals surface area contributed by atoms with Crippen LogP contribution < -0.4 is 0 Å². The lowest BCUT2D eigenvalue weighted by Crippen LogP contribution is -2.41. The maximum absolute atomic E-state index is 6.03. The number of aryl methyl sites for hydroxylation is 2. The molecule has 1 aromatic carbocycles. The van der Waals surface area contributed by atoms with E-state index < -0.39 is 0 Å². The number of rotatable bonds is 2. The predicted molar refractivity (Wildman–Crippen MR) is 91.7 cm³/mol. The van der Waals surface area contributed by atoms with Gasteiger partial charge in [0.1, 0.15) is 0 Å². The number of hydrogen-bond donors (Lipinski definition) is 0. The summed E-state index contributed by atoms with van der Waals surface area (Å²) in [5.41, 5.74) is 3.39. The SMILES string of the molecule is CCC.Cc1cc(C)cc(CB2OC(C)(C)C(C)(C)O2)c1. The molecule has 0 atom stereocenters. The third-order valence-electron chi connectivity index (χ3n) is 3.99. The lowest BCUT2D eigenvalue weighted by molar-refractivity contribution is 0.00578. The Hall–Kier alpha value is -0.795. The van der Waals surface area contributed by atoms with Gasteiger partial charge in [0.05, 0.1) is 11.2 Å². The first kappa shape index (κ1) is 18.3. The molecule has 0 spiro atoms. The van der Waals surface area contributed by atoms with Crippen molar-refractivity contribution in [2.45, 2.75) is 79.3 Å². The molecule has 2 nitrogen and oxygen atoms in total. The Morgan fingerprint density at radius 3 is 1.62 bits per heavy atom. The van der Waals surface area contributed by atoms with E-state index in [1.165, 1.54) is 23.1 Å². The second-order valence-corrected chi connectivity index (χ2v) is 7.09. The minimum absolute atomic E-state index is 0.142. The maximum atomic E-state index is 6.03. The van der Waals surface area contributed by atoms with Gasteiger partial charge in [0, 0.05) is 6.32 Å². The summed E-state index contributed by atoms with van der Waals surface area (Å²) in [5.74, 6) is 0. The van der Waals surface area contributed by atoms with Crippen LogP contribution >= 0.6 is 0 Å². The Kier molecular flexibility index (Phi) is 6.06. The molecule has 0 radical (unpaired) electrons. The Labute approximate surface area is 131 Å². The van der Waals surface area contributed by atoms with Gasteiger partial charge in [-0.1, -0.05) is 49.6 Å². The summed E-state index contributed by atoms with van der Waals surface area (Å²) in [6.07, 6.45) is 2.06. The third-order valence-corrected chi connectivity index (χ3v) is 3.99. The number of hydrogen-bond acceptors (Lipinski definition) is 2. The van der Waals surface area contributed by atoms with Crippen molar-refractivity contribution in [3.8, 4) is 0 Å². The highest BCUT2D eigenvalue weighted by molar-refractivity contribution is 6.45. The van der Waals surface area contributed by atoms with Crippen LogP contribution in [-0.2, 0) is 15.6 Å². The minimum Gasteiger partial charge on any atom is -0.403 e. The molecule has 0 unspecified atom stereocenters. The Morgan fingerprint density at radius 1 is 0.857 bits per heavy atom. The molecule has 1 heterocycles. The van der Waals surface area contributed by atoms with Gasteiger partial charge in [0.2, 0.25) is 0 Å². The van der Waals surface area contributed by atoms with Crippen molar-refractivity contribution < 1.29 is 9.31 Å². The fourth-order valence-electron chi connectivity index (χ4n) is 2.43. The van der Waals surface area contributed by atoms with Crippen molar-refractivity contribution in [3.63, 3.8) is 0 Å². The molecule has 118 valence electrons. The average molecular weight is 290 g/mol. The third kappa shape index (κ3) is 4.86. The first-order valence-corrected chi connectivity index (χ1v) is 8.04. The Morgan fingerprint density at radius 2 is 1.24 bits per heavy atom. The molecule has 1 aliphatic heterocycles. The second kappa shape index (κ2) is 6.98. The first-order chi connectivity index (χ1) is 9.61. The molecule has 0 N–H and O–H groups in total. The zero-order chi connectivity index (χ0) is 16.3. The summed E-state index contributed by atoms with van der Waals surface area (Å²) >= 11 is 0. The molecule has 1 fully saturated rings. The van der Waals surface area contributed by atoms with Gasteiger partial charge < -0.3 is 9.31 Å². The zero-order valence-corrected chi connectivity index (χ0v) is 15.0. The first-order valence-electron chi connectivity index (χ1n) is 8.04. The predicted octanol–water partition coefficient (Wildman–Crippen LogP) is 4.89. The van der Waals surface area contributed by atoms with E-state index in [1.807, 2.05) is 0 Å². The zero-order valence-electron chi connectivity index (χ0n) is 15.0. The highest BCUT2D eigenvalue weighted by Gasteiger charge is 2.50. The van der Waals surface area contributed by atoms with Gasteiger partial charge in [-0.2, -0.15) is 0 Å². The fourth-order valence-corrected chi connectivity index (χ4v) is 2.43. The van der Waals surface area contributed by atoms with Crippen LogP contribution in [0.2, 0.25) is 0 Å². The van der Waals surface area contributed by atoms with E-state index in [4.69, 9.17) is 9.31 Å². The van der Waals surface area contributed by atoms with Gasteiger partial charge in [-0.15, -0.1) is 0 Å². The van der Waals surface area contributed by atoms with Crippen LogP contribution in [0.15, 0.2) is 18.2 Å². The molecule has 0 saturated carbocycles. The van der Waals surface area contributed by atoms with E-state index in [1.54, 1.807) is 0 Å². The Bertz CT molecular complexity index is 430. The van der Waals surface area contributed by atoms with E-state index in [-0.39, 0.29) is 18.3 Å². The summed E-state index contributed by atoms with van der Waals surface area (Å²) in [4.78, 5) is 0. The van der Waals surface area contributed by atoms with E-state index in [0.717, 1.165) is 6.32 Å². The molecule has 0 aliphatic carbocycles. The smallest absolute Gasteiger partial charge is 0.403 e. The van der Waals surface area contributed by atoms with Crippen molar-refractivity contribution in [1.82, 2.24) is 0 Å². The fraction of sp³-hybridized carbons (Fsp3) is 0.667. The van der Waals surface area contributed by atoms with Gasteiger partial charge in [0.25, 0.3) is 0 Å². The van der Waals surface area contributed by atoms with E-state index >= 15 is 0 Å². The van der Waals surface area contributed by atoms with Crippen LogP contribution in [0.1, 0.15) is 64.7 Å². The van der Waals surface area contributed by atoms with Crippen molar-refractivity contribution in [3.05, 3.63) is 34.9 Å². The monoisotopic (exact) mass is 290 g/mol. The summed E-state index contributed by atoms with van der Waals surface area (Å²) in [6, 6.07) is 6.60. The molecular weight excluding hydrogens is 259 g/mol. The van der Waals surface area contributed by atoms with E-state index in [2.05, 4.69) is 73.6 Å². The van der Waals surface area contributed by atoms with Gasteiger partial charge >= 0.3 is 7.12 Å². The van der Waals surface area contributed by atoms with Crippen molar-refractivity contribution in [2.24, 2.45) is 0 Å². The van der Waals surface area contributed by atoms with E-state index in [0.29, 0.717) is 0 Å². The average Bonchev–Trinajstić information content (AvgIpc) is 2.45. The minimum atomic E-state index is -0.240. The molecule has 1 saturated heterocycles. The molecule has 1 aliphatic rings. The van der Waals surface area contributed by atoms with Gasteiger partial charge in [-0.05, 0) is 47.1 Å². The van der Waals surface area contributed by atoms with Crippen LogP contribution in [-0.4, -0.2) is 18.3 Å². The summed E-state index contributed by atoms with van der Waals surface area (Å²) in [5, 5.41) is 0. The highest BCUT2D eigenvalue weighted by Crippen LogP contribution is 2.37. The van der Waals surface area contributed by atoms with Crippen molar-refractivity contribution >= 4 is 7.12 Å². The summed E-state index contributed by atoms with van der Waals surface area (Å²) in [6.45, 7) is 16.9. The lowest BCUT2D eigenvalue weighted by Gasteiger charge is -2.32. The summed E-state index contributed by atoms with van der Waals surface area (Å²) < 4.78 is 12.1. The summed E-state index contributed by atoms with van der Waals surface area (Å²) in [7, 11) is -0.142. The molecule has 2 rings (SSSR count). The molecule has 0 aromatic heterocycles. The van der Waals surface area contributed by atoms with Crippen LogP contribution in [0.5, 0.6) is 0 Å². The molecule has 0 bridgehead atoms.